The summed E-state index contributed by atoms with van der Waals surface area (Å²) in [5, 5.41) is 11.8. The molecule has 1 aromatic rings. The second kappa shape index (κ2) is 7.97. The van der Waals surface area contributed by atoms with Gasteiger partial charge in [-0.2, -0.15) is 0 Å². The first kappa shape index (κ1) is 17.3. The van der Waals surface area contributed by atoms with Crippen molar-refractivity contribution in [1.29, 1.82) is 0 Å². The molecule has 1 amide bonds. The third-order valence-electron chi connectivity index (χ3n) is 4.33. The van der Waals surface area contributed by atoms with Gasteiger partial charge in [-0.3, -0.25) is 0 Å². The number of hydrogen-bond donors (Lipinski definition) is 2. The largest absolute Gasteiger partial charge is 0.480 e. The fourth-order valence-electron chi connectivity index (χ4n) is 2.99. The van der Waals surface area contributed by atoms with Gasteiger partial charge in [-0.25, -0.2) is 9.59 Å². The Balaban J connectivity index is 1.88. The van der Waals surface area contributed by atoms with E-state index in [2.05, 4.69) is 5.32 Å². The number of methoxy groups -OCH3 is 1. The molecule has 1 fully saturated rings. The standard InChI is InChI=1S/C17H23NO5/c1-22-17(9-5-6-10-17)11-14(15(19)20)18-16(21)23-12-13-7-3-2-4-8-13/h2-4,7-8,14H,5-6,9-12H2,1H3,(H,18,21)(H,19,20). The summed E-state index contributed by atoms with van der Waals surface area (Å²) >= 11 is 0. The van der Waals surface area contributed by atoms with Crippen LogP contribution in [-0.4, -0.2) is 35.9 Å². The fraction of sp³-hybridized carbons (Fsp3) is 0.529. The molecule has 0 aliphatic heterocycles. The topological polar surface area (TPSA) is 84.9 Å². The quantitative estimate of drug-likeness (QED) is 0.806. The van der Waals surface area contributed by atoms with Gasteiger partial charge < -0.3 is 19.9 Å². The van der Waals surface area contributed by atoms with Crippen molar-refractivity contribution in [2.75, 3.05) is 7.11 Å². The number of aliphatic carboxylic acids is 1. The molecule has 6 nitrogen and oxygen atoms in total. The van der Waals surface area contributed by atoms with Gasteiger partial charge >= 0.3 is 12.1 Å². The maximum Gasteiger partial charge on any atom is 0.408 e. The Morgan fingerprint density at radius 1 is 1.26 bits per heavy atom. The van der Waals surface area contributed by atoms with Crippen LogP contribution >= 0.6 is 0 Å². The first-order chi connectivity index (χ1) is 11.0. The summed E-state index contributed by atoms with van der Waals surface area (Å²) in [6.07, 6.45) is 3.17. The predicted molar refractivity (Wildman–Crippen MR) is 84.0 cm³/mol. The number of ether oxygens (including phenoxy) is 2. The molecule has 1 aliphatic carbocycles. The van der Waals surface area contributed by atoms with Crippen LogP contribution in [0.25, 0.3) is 0 Å². The molecule has 1 saturated carbocycles. The molecule has 6 heteroatoms. The summed E-state index contributed by atoms with van der Waals surface area (Å²) in [6.45, 7) is 0.106. The minimum atomic E-state index is -1.08. The zero-order valence-electron chi connectivity index (χ0n) is 13.3. The van der Waals surface area contributed by atoms with Crippen LogP contribution in [0.2, 0.25) is 0 Å². The van der Waals surface area contributed by atoms with Crippen molar-refractivity contribution in [3.63, 3.8) is 0 Å². The second-order valence-electron chi connectivity index (χ2n) is 5.90. The van der Waals surface area contributed by atoms with Gasteiger partial charge in [0.1, 0.15) is 12.6 Å². The summed E-state index contributed by atoms with van der Waals surface area (Å²) in [5.41, 5.74) is 0.383. The van der Waals surface area contributed by atoms with Crippen molar-refractivity contribution >= 4 is 12.1 Å². The number of carbonyl (C=O) groups is 2. The Labute approximate surface area is 135 Å². The van der Waals surface area contributed by atoms with E-state index >= 15 is 0 Å². The molecule has 0 saturated heterocycles. The molecule has 1 atom stereocenters. The highest BCUT2D eigenvalue weighted by Crippen LogP contribution is 2.36. The maximum absolute atomic E-state index is 11.9. The highest BCUT2D eigenvalue weighted by molar-refractivity contribution is 5.80. The Hall–Kier alpha value is -2.08. The van der Waals surface area contributed by atoms with Crippen molar-refractivity contribution in [2.45, 2.75) is 50.4 Å². The van der Waals surface area contributed by atoms with Gasteiger partial charge in [0, 0.05) is 13.5 Å². The summed E-state index contributed by atoms with van der Waals surface area (Å²) in [4.78, 5) is 23.3. The van der Waals surface area contributed by atoms with E-state index in [1.807, 2.05) is 30.3 Å². The van der Waals surface area contributed by atoms with E-state index in [-0.39, 0.29) is 13.0 Å². The molecule has 0 aromatic heterocycles. The SMILES string of the molecule is COC1(CC(NC(=O)OCc2ccccc2)C(=O)O)CCCC1. The second-order valence-corrected chi connectivity index (χ2v) is 5.90. The monoisotopic (exact) mass is 321 g/mol. The minimum absolute atomic E-state index is 0.106. The van der Waals surface area contributed by atoms with Crippen molar-refractivity contribution in [2.24, 2.45) is 0 Å². The van der Waals surface area contributed by atoms with Crippen LogP contribution in [0.4, 0.5) is 4.79 Å². The molecule has 0 bridgehead atoms. The number of carbonyl (C=O) groups excluding carboxylic acids is 1. The zero-order chi connectivity index (χ0) is 16.7. The van der Waals surface area contributed by atoms with Crippen molar-refractivity contribution < 1.29 is 24.2 Å². The number of rotatable bonds is 7. The molecule has 23 heavy (non-hydrogen) atoms. The van der Waals surface area contributed by atoms with Crippen molar-refractivity contribution in [3.05, 3.63) is 35.9 Å². The van der Waals surface area contributed by atoms with E-state index < -0.39 is 23.7 Å². The Kier molecular flexibility index (Phi) is 5.98. The predicted octanol–water partition coefficient (Wildman–Crippen LogP) is 2.72. The Morgan fingerprint density at radius 3 is 2.48 bits per heavy atom. The molecular weight excluding hydrogens is 298 g/mol. The molecule has 1 unspecified atom stereocenters. The Morgan fingerprint density at radius 2 is 1.91 bits per heavy atom. The van der Waals surface area contributed by atoms with Crippen LogP contribution < -0.4 is 5.32 Å². The minimum Gasteiger partial charge on any atom is -0.480 e. The number of amides is 1. The lowest BCUT2D eigenvalue weighted by atomic mass is 9.93. The highest BCUT2D eigenvalue weighted by Gasteiger charge is 2.39. The molecule has 2 N–H and O–H groups in total. The van der Waals surface area contributed by atoms with Crippen molar-refractivity contribution in [1.82, 2.24) is 5.32 Å². The molecule has 126 valence electrons. The van der Waals surface area contributed by atoms with Gasteiger partial charge in [-0.1, -0.05) is 43.2 Å². The summed E-state index contributed by atoms with van der Waals surface area (Å²) < 4.78 is 10.6. The smallest absolute Gasteiger partial charge is 0.408 e. The van der Waals surface area contributed by atoms with E-state index in [1.165, 1.54) is 0 Å². The lowest BCUT2D eigenvalue weighted by molar-refractivity contribution is -0.141. The fourth-order valence-corrected chi connectivity index (χ4v) is 2.99. The molecule has 2 rings (SSSR count). The van der Waals surface area contributed by atoms with E-state index in [9.17, 15) is 14.7 Å². The molecule has 0 heterocycles. The van der Waals surface area contributed by atoms with Gasteiger partial charge in [-0.05, 0) is 18.4 Å². The Bertz CT molecular complexity index is 525. The van der Waals surface area contributed by atoms with Gasteiger partial charge in [0.25, 0.3) is 0 Å². The molecule has 0 spiro atoms. The van der Waals surface area contributed by atoms with E-state index in [1.54, 1.807) is 7.11 Å². The van der Waals surface area contributed by atoms with Crippen LogP contribution in [0, 0.1) is 0 Å². The van der Waals surface area contributed by atoms with Gasteiger partial charge in [0.2, 0.25) is 0 Å². The number of carboxylic acids is 1. The van der Waals surface area contributed by atoms with Crippen LogP contribution in [0.15, 0.2) is 30.3 Å². The molecule has 0 radical (unpaired) electrons. The number of alkyl carbamates (subject to hydrolysis) is 1. The first-order valence-electron chi connectivity index (χ1n) is 7.80. The summed E-state index contributed by atoms with van der Waals surface area (Å²) in [6, 6.07) is 8.21. The lowest BCUT2D eigenvalue weighted by Gasteiger charge is -2.30. The first-order valence-corrected chi connectivity index (χ1v) is 7.80. The average Bonchev–Trinajstić information content (AvgIpc) is 3.02. The van der Waals surface area contributed by atoms with Crippen LogP contribution in [0.3, 0.4) is 0 Å². The number of hydrogen-bond acceptors (Lipinski definition) is 4. The zero-order valence-corrected chi connectivity index (χ0v) is 13.3. The van der Waals surface area contributed by atoms with E-state index in [4.69, 9.17) is 9.47 Å². The van der Waals surface area contributed by atoms with Gasteiger partial charge in [-0.15, -0.1) is 0 Å². The number of carboxylic acid groups (broad SMARTS) is 1. The van der Waals surface area contributed by atoms with Crippen LogP contribution in [-0.2, 0) is 20.9 Å². The number of nitrogens with one attached hydrogen (secondary N) is 1. The summed E-state index contributed by atoms with van der Waals surface area (Å²) in [7, 11) is 1.60. The third-order valence-corrected chi connectivity index (χ3v) is 4.33. The lowest BCUT2D eigenvalue weighted by Crippen LogP contribution is -2.46. The van der Waals surface area contributed by atoms with Gasteiger partial charge in [0.05, 0.1) is 5.60 Å². The molecular formula is C17H23NO5. The van der Waals surface area contributed by atoms with Crippen LogP contribution in [0.5, 0.6) is 0 Å². The summed E-state index contributed by atoms with van der Waals surface area (Å²) in [5.74, 6) is -1.08. The normalized spacial score (nSPS) is 17.4. The average molecular weight is 321 g/mol. The van der Waals surface area contributed by atoms with E-state index in [0.717, 1.165) is 31.2 Å². The molecule has 1 aromatic carbocycles. The van der Waals surface area contributed by atoms with Crippen LogP contribution in [0.1, 0.15) is 37.7 Å². The highest BCUT2D eigenvalue weighted by atomic mass is 16.5. The van der Waals surface area contributed by atoms with Crippen molar-refractivity contribution in [3.8, 4) is 0 Å². The molecule has 1 aliphatic rings. The third kappa shape index (κ3) is 4.96. The van der Waals surface area contributed by atoms with E-state index in [0.29, 0.717) is 0 Å². The maximum atomic E-state index is 11.9. The number of benzene rings is 1. The van der Waals surface area contributed by atoms with Gasteiger partial charge in [0.15, 0.2) is 0 Å².